The Morgan fingerprint density at radius 3 is 2.47 bits per heavy atom. The lowest BCUT2D eigenvalue weighted by molar-refractivity contribution is 0.182. The summed E-state index contributed by atoms with van der Waals surface area (Å²) in [5, 5.41) is 0.988. The van der Waals surface area contributed by atoms with Crippen molar-refractivity contribution < 1.29 is 4.74 Å². The SMILES string of the molecule is CCN(c1cc(Cl)c(Cl)cc1N)C(C)COC. The molecule has 0 heterocycles. The van der Waals surface area contributed by atoms with Gasteiger partial charge in [-0.05, 0) is 26.0 Å². The molecule has 0 saturated heterocycles. The highest BCUT2D eigenvalue weighted by Gasteiger charge is 2.16. The summed E-state index contributed by atoms with van der Waals surface area (Å²) in [6, 6.07) is 3.71. The Bertz CT molecular complexity index is 385. The maximum atomic E-state index is 6.02. The Kier molecular flexibility index (Phi) is 5.37. The van der Waals surface area contributed by atoms with Crippen molar-refractivity contribution in [3.8, 4) is 0 Å². The molecule has 0 amide bonds. The van der Waals surface area contributed by atoms with Gasteiger partial charge in [-0.3, -0.25) is 0 Å². The van der Waals surface area contributed by atoms with Crippen molar-refractivity contribution >= 4 is 34.6 Å². The maximum absolute atomic E-state index is 6.02. The zero-order valence-electron chi connectivity index (χ0n) is 10.3. The van der Waals surface area contributed by atoms with E-state index in [1.54, 1.807) is 19.2 Å². The van der Waals surface area contributed by atoms with Crippen LogP contribution in [0.5, 0.6) is 0 Å². The van der Waals surface area contributed by atoms with E-state index >= 15 is 0 Å². The van der Waals surface area contributed by atoms with E-state index in [0.717, 1.165) is 12.2 Å². The number of nitrogen functional groups attached to an aromatic ring is 1. The summed E-state index contributed by atoms with van der Waals surface area (Å²) in [6.07, 6.45) is 0. The van der Waals surface area contributed by atoms with Crippen LogP contribution in [-0.4, -0.2) is 26.3 Å². The third kappa shape index (κ3) is 3.41. The van der Waals surface area contributed by atoms with Crippen LogP contribution in [0.4, 0.5) is 11.4 Å². The molecule has 0 spiro atoms. The van der Waals surface area contributed by atoms with E-state index in [-0.39, 0.29) is 6.04 Å². The van der Waals surface area contributed by atoms with Gasteiger partial charge in [0.05, 0.1) is 28.0 Å². The molecule has 96 valence electrons. The lowest BCUT2D eigenvalue weighted by Crippen LogP contribution is -2.36. The van der Waals surface area contributed by atoms with Crippen molar-refractivity contribution in [3.63, 3.8) is 0 Å². The van der Waals surface area contributed by atoms with E-state index < -0.39 is 0 Å². The fourth-order valence-electron chi connectivity index (χ4n) is 1.85. The van der Waals surface area contributed by atoms with Gasteiger partial charge < -0.3 is 15.4 Å². The smallest absolute Gasteiger partial charge is 0.0663 e. The first-order valence-electron chi connectivity index (χ1n) is 5.51. The van der Waals surface area contributed by atoms with Gasteiger partial charge >= 0.3 is 0 Å². The molecule has 0 bridgehead atoms. The Balaban J connectivity index is 3.07. The van der Waals surface area contributed by atoms with E-state index in [1.807, 2.05) is 0 Å². The van der Waals surface area contributed by atoms with Crippen molar-refractivity contribution in [2.24, 2.45) is 0 Å². The van der Waals surface area contributed by atoms with Crippen LogP contribution in [0.2, 0.25) is 10.0 Å². The molecule has 1 atom stereocenters. The number of halogens is 2. The topological polar surface area (TPSA) is 38.5 Å². The van der Waals surface area contributed by atoms with E-state index in [9.17, 15) is 0 Å². The van der Waals surface area contributed by atoms with Crippen molar-refractivity contribution in [2.45, 2.75) is 19.9 Å². The van der Waals surface area contributed by atoms with E-state index in [1.165, 1.54) is 0 Å². The predicted molar refractivity (Wildman–Crippen MR) is 75.2 cm³/mol. The van der Waals surface area contributed by atoms with Crippen molar-refractivity contribution in [2.75, 3.05) is 30.9 Å². The molecule has 0 aliphatic carbocycles. The summed E-state index contributed by atoms with van der Waals surface area (Å²) in [5.74, 6) is 0. The minimum absolute atomic E-state index is 0.226. The van der Waals surface area contributed by atoms with Crippen molar-refractivity contribution in [1.29, 1.82) is 0 Å². The molecular weight excluding hydrogens is 259 g/mol. The van der Waals surface area contributed by atoms with Crippen molar-refractivity contribution in [3.05, 3.63) is 22.2 Å². The summed E-state index contributed by atoms with van der Waals surface area (Å²) in [4.78, 5) is 2.14. The second-order valence-electron chi connectivity index (χ2n) is 3.92. The number of likely N-dealkylation sites (N-methyl/N-ethyl adjacent to an activating group) is 1. The molecule has 1 aromatic rings. The number of hydrogen-bond acceptors (Lipinski definition) is 3. The van der Waals surface area contributed by atoms with Crippen LogP contribution in [0.3, 0.4) is 0 Å². The zero-order valence-corrected chi connectivity index (χ0v) is 11.8. The number of anilines is 2. The number of nitrogens with two attached hydrogens (primary N) is 1. The highest BCUT2D eigenvalue weighted by Crippen LogP contribution is 2.33. The van der Waals surface area contributed by atoms with Gasteiger partial charge in [-0.2, -0.15) is 0 Å². The molecule has 1 aromatic carbocycles. The first kappa shape index (κ1) is 14.4. The molecule has 0 saturated carbocycles. The normalized spacial score (nSPS) is 12.5. The number of nitrogens with zero attached hydrogens (tertiary/aromatic N) is 1. The van der Waals surface area contributed by atoms with Crippen LogP contribution in [0.15, 0.2) is 12.1 Å². The van der Waals surface area contributed by atoms with Crippen LogP contribution < -0.4 is 10.6 Å². The average Bonchev–Trinajstić information content (AvgIpc) is 2.26. The molecule has 0 fully saturated rings. The number of ether oxygens (including phenoxy) is 1. The lowest BCUT2D eigenvalue weighted by Gasteiger charge is -2.31. The van der Waals surface area contributed by atoms with Crippen LogP contribution >= 0.6 is 23.2 Å². The summed E-state index contributed by atoms with van der Waals surface area (Å²) >= 11 is 11.9. The number of hydrogen-bond donors (Lipinski definition) is 1. The summed E-state index contributed by atoms with van der Waals surface area (Å²) in [6.45, 7) is 5.60. The van der Waals surface area contributed by atoms with Gasteiger partial charge in [0.25, 0.3) is 0 Å². The highest BCUT2D eigenvalue weighted by atomic mass is 35.5. The van der Waals surface area contributed by atoms with Gasteiger partial charge in [0.1, 0.15) is 0 Å². The average molecular weight is 277 g/mol. The second kappa shape index (κ2) is 6.34. The number of rotatable bonds is 5. The summed E-state index contributed by atoms with van der Waals surface area (Å²) < 4.78 is 5.16. The Hall–Kier alpha value is -0.640. The fourth-order valence-corrected chi connectivity index (χ4v) is 2.18. The molecule has 1 rings (SSSR count). The van der Waals surface area contributed by atoms with Crippen LogP contribution in [0.1, 0.15) is 13.8 Å². The van der Waals surface area contributed by atoms with Gasteiger partial charge in [0.2, 0.25) is 0 Å². The van der Waals surface area contributed by atoms with Gasteiger partial charge in [-0.1, -0.05) is 23.2 Å². The molecular formula is C12H18Cl2N2O. The minimum Gasteiger partial charge on any atom is -0.397 e. The first-order chi connectivity index (χ1) is 8.01. The highest BCUT2D eigenvalue weighted by molar-refractivity contribution is 6.42. The minimum atomic E-state index is 0.226. The van der Waals surface area contributed by atoms with Gasteiger partial charge in [0.15, 0.2) is 0 Å². The third-order valence-electron chi connectivity index (χ3n) is 2.66. The largest absolute Gasteiger partial charge is 0.397 e. The third-order valence-corrected chi connectivity index (χ3v) is 3.38. The quantitative estimate of drug-likeness (QED) is 0.838. The molecule has 3 nitrogen and oxygen atoms in total. The van der Waals surface area contributed by atoms with E-state index in [0.29, 0.717) is 22.3 Å². The van der Waals surface area contributed by atoms with Crippen LogP contribution in [0.25, 0.3) is 0 Å². The zero-order chi connectivity index (χ0) is 13.0. The van der Waals surface area contributed by atoms with E-state index in [4.69, 9.17) is 33.7 Å². The van der Waals surface area contributed by atoms with Gasteiger partial charge in [0, 0.05) is 19.7 Å². The summed E-state index contributed by atoms with van der Waals surface area (Å²) in [5.41, 5.74) is 7.50. The Labute approximate surface area is 112 Å². The molecule has 2 N–H and O–H groups in total. The molecule has 0 aliphatic rings. The first-order valence-corrected chi connectivity index (χ1v) is 6.26. The van der Waals surface area contributed by atoms with Crippen LogP contribution in [-0.2, 0) is 4.74 Å². The van der Waals surface area contributed by atoms with Crippen molar-refractivity contribution in [1.82, 2.24) is 0 Å². The van der Waals surface area contributed by atoms with Gasteiger partial charge in [-0.15, -0.1) is 0 Å². The molecule has 1 unspecified atom stereocenters. The molecule has 0 radical (unpaired) electrons. The Morgan fingerprint density at radius 1 is 1.35 bits per heavy atom. The molecule has 0 aromatic heterocycles. The molecule has 5 heteroatoms. The Morgan fingerprint density at radius 2 is 1.94 bits per heavy atom. The lowest BCUT2D eigenvalue weighted by atomic mass is 10.2. The fraction of sp³-hybridized carbons (Fsp3) is 0.500. The number of methoxy groups -OCH3 is 1. The maximum Gasteiger partial charge on any atom is 0.0663 e. The van der Waals surface area contributed by atoms with Gasteiger partial charge in [-0.25, -0.2) is 0 Å². The van der Waals surface area contributed by atoms with E-state index in [2.05, 4.69) is 18.7 Å². The van der Waals surface area contributed by atoms with Crippen LogP contribution in [0, 0.1) is 0 Å². The second-order valence-corrected chi connectivity index (χ2v) is 4.73. The molecule has 0 aliphatic heterocycles. The number of benzene rings is 1. The standard InChI is InChI=1S/C12H18Cl2N2O/c1-4-16(8(2)7-17-3)12-6-10(14)9(13)5-11(12)15/h5-6,8H,4,7,15H2,1-3H3. The molecule has 17 heavy (non-hydrogen) atoms. The monoisotopic (exact) mass is 276 g/mol. The predicted octanol–water partition coefficient (Wildman–Crippen LogP) is 3.44. The summed E-state index contributed by atoms with van der Waals surface area (Å²) in [7, 11) is 1.68.